The standard InChI is InChI=1S/C17H27N7O3/c1-12-13(11-14(25)27-3)15(26)24-17(19-12)20-16(21-24)18-5-4-6-23-9-7-22(2)8-10-23/h13H,4-11H2,1-3H3,(H,18,21). The van der Waals surface area contributed by atoms with Gasteiger partial charge in [0.25, 0.3) is 11.9 Å². The van der Waals surface area contributed by atoms with E-state index < -0.39 is 11.9 Å². The fourth-order valence-electron chi connectivity index (χ4n) is 3.22. The van der Waals surface area contributed by atoms with Crippen LogP contribution in [0.2, 0.25) is 0 Å². The van der Waals surface area contributed by atoms with E-state index in [1.165, 1.54) is 11.8 Å². The quantitative estimate of drug-likeness (QED) is 0.533. The molecule has 27 heavy (non-hydrogen) atoms. The molecule has 3 rings (SSSR count). The lowest BCUT2D eigenvalue weighted by Gasteiger charge is -2.32. The van der Waals surface area contributed by atoms with Crippen molar-refractivity contribution in [1.29, 1.82) is 0 Å². The number of aliphatic imine (C=N–C) groups is 1. The zero-order valence-electron chi connectivity index (χ0n) is 16.1. The van der Waals surface area contributed by atoms with Crippen molar-refractivity contribution in [3.63, 3.8) is 0 Å². The summed E-state index contributed by atoms with van der Waals surface area (Å²) in [5.74, 6) is -0.779. The van der Waals surface area contributed by atoms with E-state index in [0.717, 1.165) is 45.7 Å². The van der Waals surface area contributed by atoms with E-state index in [2.05, 4.69) is 42.0 Å². The Morgan fingerprint density at radius 3 is 2.74 bits per heavy atom. The Labute approximate surface area is 158 Å². The first-order valence-corrected chi connectivity index (χ1v) is 9.26. The molecule has 10 nitrogen and oxygen atoms in total. The van der Waals surface area contributed by atoms with Gasteiger partial charge in [0.05, 0.1) is 19.4 Å². The van der Waals surface area contributed by atoms with Gasteiger partial charge in [-0.1, -0.05) is 0 Å². The van der Waals surface area contributed by atoms with Gasteiger partial charge in [0.2, 0.25) is 5.95 Å². The molecular weight excluding hydrogens is 350 g/mol. The Balaban J connectivity index is 1.52. The third kappa shape index (κ3) is 4.69. The van der Waals surface area contributed by atoms with E-state index in [0.29, 0.717) is 11.7 Å². The summed E-state index contributed by atoms with van der Waals surface area (Å²) >= 11 is 0. The molecule has 1 atom stereocenters. The monoisotopic (exact) mass is 377 g/mol. The largest absolute Gasteiger partial charge is 0.469 e. The van der Waals surface area contributed by atoms with Gasteiger partial charge < -0.3 is 19.9 Å². The minimum absolute atomic E-state index is 0.0439. The highest BCUT2D eigenvalue weighted by Gasteiger charge is 2.33. The number of ether oxygens (including phenoxy) is 1. The van der Waals surface area contributed by atoms with E-state index in [1.807, 2.05) is 0 Å². The maximum atomic E-state index is 12.6. The summed E-state index contributed by atoms with van der Waals surface area (Å²) in [6.07, 6.45) is 0.923. The first kappa shape index (κ1) is 19.4. The molecule has 3 heterocycles. The van der Waals surface area contributed by atoms with Crippen molar-refractivity contribution in [2.24, 2.45) is 10.9 Å². The number of likely N-dealkylation sites (N-methyl/N-ethyl adjacent to an activating group) is 1. The van der Waals surface area contributed by atoms with Crippen LogP contribution in [0.3, 0.4) is 0 Å². The van der Waals surface area contributed by atoms with Crippen LogP contribution in [0.4, 0.5) is 11.9 Å². The fourth-order valence-corrected chi connectivity index (χ4v) is 3.22. The van der Waals surface area contributed by atoms with Gasteiger partial charge in [-0.05, 0) is 26.9 Å². The van der Waals surface area contributed by atoms with E-state index in [4.69, 9.17) is 0 Å². The van der Waals surface area contributed by atoms with Crippen LogP contribution in [0.1, 0.15) is 24.6 Å². The van der Waals surface area contributed by atoms with Crippen molar-refractivity contribution in [2.45, 2.75) is 19.8 Å². The molecule has 0 bridgehead atoms. The molecule has 1 unspecified atom stereocenters. The lowest BCUT2D eigenvalue weighted by Crippen LogP contribution is -2.44. The highest BCUT2D eigenvalue weighted by molar-refractivity contribution is 6.09. The average Bonchev–Trinajstić information content (AvgIpc) is 3.06. The third-order valence-corrected chi connectivity index (χ3v) is 5.01. The zero-order chi connectivity index (χ0) is 19.4. The number of rotatable bonds is 7. The molecule has 2 aliphatic heterocycles. The molecule has 148 valence electrons. The Hall–Kier alpha value is -2.33. The third-order valence-electron chi connectivity index (χ3n) is 5.01. The maximum Gasteiger partial charge on any atom is 0.306 e. The first-order chi connectivity index (χ1) is 13.0. The smallest absolute Gasteiger partial charge is 0.306 e. The fraction of sp³-hybridized carbons (Fsp3) is 0.706. The van der Waals surface area contributed by atoms with E-state index >= 15 is 0 Å². The number of anilines is 1. The highest BCUT2D eigenvalue weighted by Crippen LogP contribution is 2.24. The van der Waals surface area contributed by atoms with Gasteiger partial charge in [-0.15, -0.1) is 5.10 Å². The van der Waals surface area contributed by atoms with Gasteiger partial charge in [-0.3, -0.25) is 9.59 Å². The van der Waals surface area contributed by atoms with Crippen LogP contribution in [0.5, 0.6) is 0 Å². The SMILES string of the molecule is COC(=O)CC1C(=O)n2nc(NCCCN3CCN(C)CC3)nc2N=C1C. The number of carbonyl (C=O) groups is 2. The average molecular weight is 377 g/mol. The topological polar surface area (TPSA) is 105 Å². The van der Waals surface area contributed by atoms with Crippen molar-refractivity contribution in [3.8, 4) is 0 Å². The molecule has 1 fully saturated rings. The van der Waals surface area contributed by atoms with Gasteiger partial charge in [0, 0.05) is 38.4 Å². The second-order valence-electron chi connectivity index (χ2n) is 7.00. The molecule has 1 N–H and O–H groups in total. The molecule has 0 spiro atoms. The summed E-state index contributed by atoms with van der Waals surface area (Å²) in [6.45, 7) is 7.86. The maximum absolute atomic E-state index is 12.6. The van der Waals surface area contributed by atoms with Gasteiger partial charge in [-0.25, -0.2) is 4.99 Å². The van der Waals surface area contributed by atoms with Crippen LogP contribution in [0.25, 0.3) is 0 Å². The minimum Gasteiger partial charge on any atom is -0.469 e. The van der Waals surface area contributed by atoms with Gasteiger partial charge in [-0.2, -0.15) is 9.67 Å². The summed E-state index contributed by atoms with van der Waals surface area (Å²) in [6, 6.07) is 0. The van der Waals surface area contributed by atoms with E-state index in [9.17, 15) is 9.59 Å². The number of carbonyl (C=O) groups excluding carboxylic acids is 2. The lowest BCUT2D eigenvalue weighted by molar-refractivity contribution is -0.141. The molecule has 1 aromatic heterocycles. The zero-order valence-corrected chi connectivity index (χ0v) is 16.1. The van der Waals surface area contributed by atoms with Crippen molar-refractivity contribution >= 4 is 29.5 Å². The summed E-state index contributed by atoms with van der Waals surface area (Å²) < 4.78 is 5.82. The molecule has 0 radical (unpaired) electrons. The van der Waals surface area contributed by atoms with Crippen LogP contribution >= 0.6 is 0 Å². The number of aromatic nitrogens is 3. The first-order valence-electron chi connectivity index (χ1n) is 9.26. The normalized spacial score (nSPS) is 20.9. The molecule has 0 aromatic carbocycles. The number of nitrogens with zero attached hydrogens (tertiary/aromatic N) is 6. The molecule has 10 heteroatoms. The van der Waals surface area contributed by atoms with E-state index in [1.54, 1.807) is 6.92 Å². The summed E-state index contributed by atoms with van der Waals surface area (Å²) in [5.41, 5.74) is 0.548. The van der Waals surface area contributed by atoms with Gasteiger partial charge in [0.1, 0.15) is 0 Å². The number of methoxy groups -OCH3 is 1. The second-order valence-corrected chi connectivity index (χ2v) is 7.00. The lowest BCUT2D eigenvalue weighted by atomic mass is 9.98. The number of hydrogen-bond acceptors (Lipinski definition) is 9. The van der Waals surface area contributed by atoms with Crippen LogP contribution in [0, 0.1) is 5.92 Å². The summed E-state index contributed by atoms with van der Waals surface area (Å²) in [4.78, 5) is 37.5. The molecular formula is C17H27N7O3. The van der Waals surface area contributed by atoms with Crippen molar-refractivity contribution in [3.05, 3.63) is 0 Å². The summed E-state index contributed by atoms with van der Waals surface area (Å²) in [5, 5.41) is 7.37. The second kappa shape index (κ2) is 8.57. The Bertz CT molecular complexity index is 722. The van der Waals surface area contributed by atoms with Crippen LogP contribution in [-0.2, 0) is 9.53 Å². The number of fused-ring (bicyclic) bond motifs is 1. The van der Waals surface area contributed by atoms with Crippen LogP contribution < -0.4 is 5.32 Å². The van der Waals surface area contributed by atoms with E-state index in [-0.39, 0.29) is 18.3 Å². The molecule has 0 saturated carbocycles. The predicted octanol–water partition coefficient (Wildman–Crippen LogP) is 0.253. The van der Waals surface area contributed by atoms with Gasteiger partial charge >= 0.3 is 5.97 Å². The number of esters is 1. The van der Waals surface area contributed by atoms with Crippen molar-refractivity contribution < 1.29 is 14.3 Å². The van der Waals surface area contributed by atoms with Crippen LogP contribution in [-0.4, -0.2) is 95.6 Å². The molecule has 1 saturated heterocycles. The Morgan fingerprint density at radius 1 is 1.30 bits per heavy atom. The Kier molecular flexibility index (Phi) is 6.17. The van der Waals surface area contributed by atoms with Crippen molar-refractivity contribution in [1.82, 2.24) is 24.6 Å². The highest BCUT2D eigenvalue weighted by atomic mass is 16.5. The van der Waals surface area contributed by atoms with Gasteiger partial charge in [0.15, 0.2) is 0 Å². The minimum atomic E-state index is -0.656. The number of nitrogens with one attached hydrogen (secondary N) is 1. The van der Waals surface area contributed by atoms with Crippen LogP contribution in [0.15, 0.2) is 4.99 Å². The number of hydrogen-bond donors (Lipinski definition) is 1. The molecule has 0 aliphatic carbocycles. The molecule has 1 aromatic rings. The number of piperazine rings is 1. The Morgan fingerprint density at radius 2 is 2.04 bits per heavy atom. The molecule has 2 aliphatic rings. The molecule has 0 amide bonds. The van der Waals surface area contributed by atoms with Crippen molar-refractivity contribution in [2.75, 3.05) is 58.7 Å². The predicted molar refractivity (Wildman–Crippen MR) is 101 cm³/mol. The summed E-state index contributed by atoms with van der Waals surface area (Å²) in [7, 11) is 3.44.